The lowest BCUT2D eigenvalue weighted by atomic mass is 10.1. The summed E-state index contributed by atoms with van der Waals surface area (Å²) in [6.07, 6.45) is 3.04. The number of nitrogens with zero attached hydrogens (tertiary/aromatic N) is 4. The van der Waals surface area contributed by atoms with Crippen molar-refractivity contribution in [2.24, 2.45) is 0 Å². The third kappa shape index (κ3) is 3.49. The number of nitrogens with one attached hydrogen (secondary N) is 1. The van der Waals surface area contributed by atoms with Gasteiger partial charge in [-0.1, -0.05) is 6.92 Å². The Bertz CT molecular complexity index is 945. The lowest BCUT2D eigenvalue weighted by Crippen LogP contribution is -2.49. The van der Waals surface area contributed by atoms with Gasteiger partial charge in [0.15, 0.2) is 0 Å². The van der Waals surface area contributed by atoms with E-state index in [2.05, 4.69) is 19.9 Å². The highest BCUT2D eigenvalue weighted by atomic mass is 19.1. The van der Waals surface area contributed by atoms with Crippen LogP contribution < -0.4 is 4.90 Å². The van der Waals surface area contributed by atoms with Crippen molar-refractivity contribution in [3.05, 3.63) is 42.5 Å². The molecule has 0 spiro atoms. The van der Waals surface area contributed by atoms with Crippen LogP contribution in [0.5, 0.6) is 0 Å². The van der Waals surface area contributed by atoms with Gasteiger partial charge in [-0.2, -0.15) is 0 Å². The van der Waals surface area contributed by atoms with Crippen molar-refractivity contribution in [3.8, 4) is 11.3 Å². The number of amides is 1. The maximum absolute atomic E-state index is 13.2. The van der Waals surface area contributed by atoms with Crippen LogP contribution in [0, 0.1) is 5.82 Å². The van der Waals surface area contributed by atoms with Gasteiger partial charge in [0.05, 0.1) is 5.39 Å². The molecule has 7 heteroatoms. The van der Waals surface area contributed by atoms with Crippen LogP contribution in [0.25, 0.3) is 22.3 Å². The van der Waals surface area contributed by atoms with Gasteiger partial charge < -0.3 is 14.8 Å². The fourth-order valence-electron chi connectivity index (χ4n) is 3.50. The average Bonchev–Trinajstić information content (AvgIpc) is 3.13. The van der Waals surface area contributed by atoms with Gasteiger partial charge in [-0.15, -0.1) is 0 Å². The number of benzene rings is 1. The molecule has 1 fully saturated rings. The van der Waals surface area contributed by atoms with E-state index in [1.165, 1.54) is 12.1 Å². The molecule has 3 heterocycles. The lowest BCUT2D eigenvalue weighted by Gasteiger charge is -2.35. The maximum atomic E-state index is 13.2. The first-order valence-corrected chi connectivity index (χ1v) is 9.28. The SMILES string of the molecule is CCCC(=O)N1CCN(c2ncnc3[nH]c(-c4ccc(F)cc4)cc23)CC1. The van der Waals surface area contributed by atoms with Gasteiger partial charge in [-0.3, -0.25) is 4.79 Å². The smallest absolute Gasteiger partial charge is 0.222 e. The Morgan fingerprint density at radius 1 is 1.15 bits per heavy atom. The summed E-state index contributed by atoms with van der Waals surface area (Å²) >= 11 is 0. The van der Waals surface area contributed by atoms with Crippen molar-refractivity contribution in [1.82, 2.24) is 19.9 Å². The number of aromatic amines is 1. The number of carbonyl (C=O) groups excluding carboxylic acids is 1. The first-order chi connectivity index (χ1) is 13.2. The third-order valence-electron chi connectivity index (χ3n) is 4.96. The largest absolute Gasteiger partial charge is 0.352 e. The average molecular weight is 367 g/mol. The van der Waals surface area contributed by atoms with E-state index in [4.69, 9.17) is 0 Å². The molecular weight excluding hydrogens is 345 g/mol. The number of aromatic nitrogens is 3. The minimum absolute atomic E-state index is 0.227. The zero-order chi connectivity index (χ0) is 18.8. The molecule has 6 nitrogen and oxygen atoms in total. The van der Waals surface area contributed by atoms with Crippen LogP contribution in [0.3, 0.4) is 0 Å². The zero-order valence-corrected chi connectivity index (χ0v) is 15.3. The predicted molar refractivity (Wildman–Crippen MR) is 103 cm³/mol. The summed E-state index contributed by atoms with van der Waals surface area (Å²) in [4.78, 5) is 28.3. The van der Waals surface area contributed by atoms with Crippen LogP contribution in [0.4, 0.5) is 10.2 Å². The molecule has 1 aliphatic heterocycles. The number of rotatable bonds is 4. The quantitative estimate of drug-likeness (QED) is 0.769. The van der Waals surface area contributed by atoms with E-state index in [-0.39, 0.29) is 11.7 Å². The first kappa shape index (κ1) is 17.5. The fraction of sp³-hybridized carbons (Fsp3) is 0.350. The molecular formula is C20H22FN5O. The van der Waals surface area contributed by atoms with Crippen molar-refractivity contribution < 1.29 is 9.18 Å². The van der Waals surface area contributed by atoms with Crippen molar-refractivity contribution in [2.75, 3.05) is 31.1 Å². The molecule has 0 aliphatic carbocycles. The second-order valence-corrected chi connectivity index (χ2v) is 6.77. The second-order valence-electron chi connectivity index (χ2n) is 6.77. The van der Waals surface area contributed by atoms with Crippen molar-refractivity contribution in [3.63, 3.8) is 0 Å². The standard InChI is InChI=1S/C20H22FN5O/c1-2-3-18(27)25-8-10-26(11-9-25)20-16-12-17(24-19(16)22-13-23-20)14-4-6-15(21)7-5-14/h4-7,12-13H,2-3,8-11H2,1H3,(H,22,23,24). The number of hydrogen-bond donors (Lipinski definition) is 1. The monoisotopic (exact) mass is 367 g/mol. The summed E-state index contributed by atoms with van der Waals surface area (Å²) in [6.45, 7) is 4.94. The third-order valence-corrected chi connectivity index (χ3v) is 4.96. The number of piperazine rings is 1. The molecule has 2 aromatic heterocycles. The molecule has 1 amide bonds. The Labute approximate surface area is 157 Å². The molecule has 1 saturated heterocycles. The van der Waals surface area contributed by atoms with E-state index < -0.39 is 0 Å². The van der Waals surface area contributed by atoms with Gasteiger partial charge in [-0.05, 0) is 42.3 Å². The molecule has 1 aromatic carbocycles. The minimum atomic E-state index is -0.258. The normalized spacial score (nSPS) is 14.7. The summed E-state index contributed by atoms with van der Waals surface area (Å²) < 4.78 is 13.2. The molecule has 1 aliphatic rings. The van der Waals surface area contributed by atoms with E-state index in [1.807, 2.05) is 17.9 Å². The summed E-state index contributed by atoms with van der Waals surface area (Å²) in [7, 11) is 0. The van der Waals surface area contributed by atoms with Crippen molar-refractivity contribution in [2.45, 2.75) is 19.8 Å². The summed E-state index contributed by atoms with van der Waals surface area (Å²) in [5, 5.41) is 0.935. The number of carbonyl (C=O) groups is 1. The van der Waals surface area contributed by atoms with Gasteiger partial charge in [0.2, 0.25) is 5.91 Å². The van der Waals surface area contributed by atoms with Gasteiger partial charge in [-0.25, -0.2) is 14.4 Å². The number of H-pyrrole nitrogens is 1. The summed E-state index contributed by atoms with van der Waals surface area (Å²) in [5.41, 5.74) is 2.53. The molecule has 0 radical (unpaired) electrons. The molecule has 1 N–H and O–H groups in total. The van der Waals surface area contributed by atoms with Crippen LogP contribution in [-0.2, 0) is 4.79 Å². The highest BCUT2D eigenvalue weighted by Crippen LogP contribution is 2.29. The Morgan fingerprint density at radius 2 is 1.89 bits per heavy atom. The van der Waals surface area contributed by atoms with E-state index in [0.717, 1.165) is 47.6 Å². The predicted octanol–water partition coefficient (Wildman–Crippen LogP) is 3.21. The number of fused-ring (bicyclic) bond motifs is 1. The topological polar surface area (TPSA) is 65.1 Å². The fourth-order valence-corrected chi connectivity index (χ4v) is 3.50. The van der Waals surface area contributed by atoms with Gasteiger partial charge in [0.1, 0.15) is 23.6 Å². The van der Waals surface area contributed by atoms with Crippen LogP contribution in [0.2, 0.25) is 0 Å². The molecule has 0 atom stereocenters. The van der Waals surface area contributed by atoms with Crippen LogP contribution in [0.1, 0.15) is 19.8 Å². The molecule has 140 valence electrons. The van der Waals surface area contributed by atoms with Crippen LogP contribution in [0.15, 0.2) is 36.7 Å². The lowest BCUT2D eigenvalue weighted by molar-refractivity contribution is -0.131. The van der Waals surface area contributed by atoms with Gasteiger partial charge >= 0.3 is 0 Å². The van der Waals surface area contributed by atoms with Crippen molar-refractivity contribution >= 4 is 22.8 Å². The molecule has 0 unspecified atom stereocenters. The van der Waals surface area contributed by atoms with Crippen LogP contribution >= 0.6 is 0 Å². The Hall–Kier alpha value is -2.96. The second kappa shape index (κ2) is 7.34. The molecule has 0 bridgehead atoms. The van der Waals surface area contributed by atoms with E-state index >= 15 is 0 Å². The van der Waals surface area contributed by atoms with Crippen molar-refractivity contribution in [1.29, 1.82) is 0 Å². The zero-order valence-electron chi connectivity index (χ0n) is 15.3. The highest BCUT2D eigenvalue weighted by Gasteiger charge is 2.23. The Balaban J connectivity index is 1.58. The molecule has 4 rings (SSSR count). The summed E-state index contributed by atoms with van der Waals surface area (Å²) in [5.74, 6) is 0.836. The van der Waals surface area contributed by atoms with E-state index in [0.29, 0.717) is 19.5 Å². The van der Waals surface area contributed by atoms with Crippen LogP contribution in [-0.4, -0.2) is 51.9 Å². The molecule has 27 heavy (non-hydrogen) atoms. The Morgan fingerprint density at radius 3 is 2.59 bits per heavy atom. The number of hydrogen-bond acceptors (Lipinski definition) is 4. The highest BCUT2D eigenvalue weighted by molar-refractivity contribution is 5.92. The van der Waals surface area contributed by atoms with E-state index in [9.17, 15) is 9.18 Å². The minimum Gasteiger partial charge on any atom is -0.352 e. The van der Waals surface area contributed by atoms with Gasteiger partial charge in [0.25, 0.3) is 0 Å². The van der Waals surface area contributed by atoms with Gasteiger partial charge in [0, 0.05) is 38.3 Å². The Kier molecular flexibility index (Phi) is 4.75. The first-order valence-electron chi connectivity index (χ1n) is 9.28. The number of halogens is 1. The molecule has 0 saturated carbocycles. The molecule has 3 aromatic rings. The maximum Gasteiger partial charge on any atom is 0.222 e. The van der Waals surface area contributed by atoms with E-state index in [1.54, 1.807) is 18.5 Å². The summed E-state index contributed by atoms with van der Waals surface area (Å²) in [6, 6.07) is 8.38. The number of anilines is 1.